The van der Waals surface area contributed by atoms with Gasteiger partial charge in [-0.15, -0.1) is 35.7 Å². The molecule has 8 heteroatoms. The minimum atomic E-state index is 0. The van der Waals surface area contributed by atoms with Gasteiger partial charge in [0.1, 0.15) is 0 Å². The molecule has 0 bridgehead atoms. The van der Waals surface area contributed by atoms with E-state index in [1.54, 1.807) is 13.2 Å². The number of nitrogens with one attached hydrogen (secondary N) is 2. The van der Waals surface area contributed by atoms with Crippen molar-refractivity contribution < 1.29 is 0 Å². The number of thioether (sulfide) groups is 1. The van der Waals surface area contributed by atoms with Crippen LogP contribution in [0.1, 0.15) is 20.3 Å². The number of benzene rings is 1. The summed E-state index contributed by atoms with van der Waals surface area (Å²) in [5.74, 6) is 0.843. The van der Waals surface area contributed by atoms with E-state index in [9.17, 15) is 0 Å². The highest BCUT2D eigenvalue weighted by Crippen LogP contribution is 2.32. The quantitative estimate of drug-likeness (QED) is 0.168. The Morgan fingerprint density at radius 1 is 1.27 bits per heavy atom. The molecule has 0 aliphatic heterocycles. The summed E-state index contributed by atoms with van der Waals surface area (Å²) >= 11 is 5.33. The normalized spacial score (nSPS) is 11.8. The van der Waals surface area contributed by atoms with Gasteiger partial charge in [-0.3, -0.25) is 4.99 Å². The van der Waals surface area contributed by atoms with Gasteiger partial charge in [0.2, 0.25) is 0 Å². The molecule has 2 rings (SSSR count). The first-order chi connectivity index (χ1) is 12.0. The molecule has 0 aliphatic rings. The zero-order chi connectivity index (χ0) is 18.1. The van der Waals surface area contributed by atoms with E-state index in [4.69, 9.17) is 0 Å². The van der Waals surface area contributed by atoms with E-state index < -0.39 is 0 Å². The number of aliphatic imine (C=N–C) groups is 1. The fraction of sp³-hybridized carbons (Fsp3) is 0.444. The van der Waals surface area contributed by atoms with E-state index in [0.29, 0.717) is 0 Å². The lowest BCUT2D eigenvalue weighted by Crippen LogP contribution is -2.43. The van der Waals surface area contributed by atoms with Crippen LogP contribution >= 0.6 is 51.7 Å². The lowest BCUT2D eigenvalue weighted by molar-refractivity contribution is 0.616. The van der Waals surface area contributed by atoms with Gasteiger partial charge in [0.25, 0.3) is 0 Å². The van der Waals surface area contributed by atoms with E-state index in [-0.39, 0.29) is 28.7 Å². The Kier molecular flexibility index (Phi) is 10.6. The molecule has 0 saturated heterocycles. The summed E-state index contributed by atoms with van der Waals surface area (Å²) in [6.07, 6.45) is 6.65. The van der Waals surface area contributed by atoms with Crippen molar-refractivity contribution in [1.29, 1.82) is 0 Å². The molecule has 0 aliphatic carbocycles. The third-order valence-corrected chi connectivity index (χ3v) is 5.29. The van der Waals surface area contributed by atoms with Crippen LogP contribution < -0.4 is 10.6 Å². The molecule has 0 saturated carbocycles. The van der Waals surface area contributed by atoms with Gasteiger partial charge >= 0.3 is 0 Å². The highest BCUT2D eigenvalue weighted by Gasteiger charge is 2.20. The largest absolute Gasteiger partial charge is 0.356 e. The molecule has 1 aromatic heterocycles. The van der Waals surface area contributed by atoms with Gasteiger partial charge in [-0.25, -0.2) is 4.98 Å². The van der Waals surface area contributed by atoms with Gasteiger partial charge in [-0.05, 0) is 44.5 Å². The van der Waals surface area contributed by atoms with Crippen LogP contribution in [0.5, 0.6) is 0 Å². The number of guanidine groups is 1. The molecular formula is C18H27BrIN5S. The van der Waals surface area contributed by atoms with Crippen LogP contribution in [0.2, 0.25) is 0 Å². The summed E-state index contributed by atoms with van der Waals surface area (Å²) in [4.78, 5) is 9.62. The molecule has 2 aromatic rings. The van der Waals surface area contributed by atoms with Gasteiger partial charge in [-0.2, -0.15) is 0 Å². The predicted octanol–water partition coefficient (Wildman–Crippen LogP) is 4.39. The van der Waals surface area contributed by atoms with Crippen molar-refractivity contribution in [3.63, 3.8) is 0 Å². The van der Waals surface area contributed by atoms with Crippen LogP contribution in [0.4, 0.5) is 0 Å². The fourth-order valence-corrected chi connectivity index (χ4v) is 3.58. The minimum absolute atomic E-state index is 0. The topological polar surface area (TPSA) is 54.2 Å². The highest BCUT2D eigenvalue weighted by atomic mass is 127. The molecular weight excluding hydrogens is 525 g/mol. The standard InChI is InChI=1S/C18H26BrN5S.HI/c1-18(2,25-16-7-5-15(19)6-8-16)13-23-17(20-3)22-9-4-11-24-12-10-21-14-24;/h5-8,10,12,14H,4,9,11,13H2,1-3H3,(H2,20,22,23);1H. The second-order valence-corrected chi connectivity index (χ2v) is 9.02. The molecule has 5 nitrogen and oxygen atoms in total. The van der Waals surface area contributed by atoms with Crippen molar-refractivity contribution in [2.75, 3.05) is 20.1 Å². The second kappa shape index (κ2) is 11.9. The van der Waals surface area contributed by atoms with Gasteiger partial charge in [0.05, 0.1) is 6.33 Å². The molecule has 26 heavy (non-hydrogen) atoms. The smallest absolute Gasteiger partial charge is 0.191 e. The maximum absolute atomic E-state index is 4.30. The first-order valence-electron chi connectivity index (χ1n) is 8.33. The van der Waals surface area contributed by atoms with Gasteiger partial charge in [0.15, 0.2) is 5.96 Å². The Labute approximate surface area is 186 Å². The summed E-state index contributed by atoms with van der Waals surface area (Å²) < 4.78 is 3.24. The van der Waals surface area contributed by atoms with Crippen molar-refractivity contribution >= 4 is 57.6 Å². The lowest BCUT2D eigenvalue weighted by Gasteiger charge is -2.25. The number of aromatic nitrogens is 2. The molecule has 144 valence electrons. The molecule has 0 unspecified atom stereocenters. The molecule has 0 radical (unpaired) electrons. The van der Waals surface area contributed by atoms with Crippen LogP contribution in [0.15, 0.2) is 57.3 Å². The Bertz CT molecular complexity index is 659. The SMILES string of the molecule is CN=C(NCCCn1ccnc1)NCC(C)(C)Sc1ccc(Br)cc1.I. The van der Waals surface area contributed by atoms with E-state index in [1.165, 1.54) is 4.90 Å². The first-order valence-corrected chi connectivity index (χ1v) is 9.94. The van der Waals surface area contributed by atoms with Crippen LogP contribution in [0.3, 0.4) is 0 Å². The fourth-order valence-electron chi connectivity index (χ4n) is 2.26. The Hall–Kier alpha value is -0.740. The number of aryl methyl sites for hydroxylation is 1. The Balaban J connectivity index is 0.00000338. The van der Waals surface area contributed by atoms with E-state index in [1.807, 2.05) is 24.3 Å². The Morgan fingerprint density at radius 3 is 2.62 bits per heavy atom. The molecule has 0 fully saturated rings. The minimum Gasteiger partial charge on any atom is -0.356 e. The van der Waals surface area contributed by atoms with Gasteiger partial charge < -0.3 is 15.2 Å². The lowest BCUT2D eigenvalue weighted by atomic mass is 10.2. The van der Waals surface area contributed by atoms with E-state index in [0.717, 1.165) is 36.5 Å². The summed E-state index contributed by atoms with van der Waals surface area (Å²) in [6.45, 7) is 7.13. The van der Waals surface area contributed by atoms with Crippen molar-refractivity contribution in [1.82, 2.24) is 20.2 Å². The summed E-state index contributed by atoms with van der Waals surface area (Å²) in [6, 6.07) is 8.43. The molecule has 0 amide bonds. The van der Waals surface area contributed by atoms with Gasteiger partial charge in [-0.1, -0.05) is 15.9 Å². The van der Waals surface area contributed by atoms with Crippen molar-refractivity contribution in [3.8, 4) is 0 Å². The van der Waals surface area contributed by atoms with Crippen LogP contribution in [0.25, 0.3) is 0 Å². The summed E-state index contributed by atoms with van der Waals surface area (Å²) in [5.41, 5.74) is 0. The third kappa shape index (κ3) is 8.77. The first kappa shape index (κ1) is 23.3. The predicted molar refractivity (Wildman–Crippen MR) is 126 cm³/mol. The Morgan fingerprint density at radius 2 is 2.00 bits per heavy atom. The number of imidazole rings is 1. The van der Waals surface area contributed by atoms with E-state index >= 15 is 0 Å². The molecule has 0 spiro atoms. The summed E-state index contributed by atoms with van der Waals surface area (Å²) in [7, 11) is 1.81. The number of hydrogen-bond acceptors (Lipinski definition) is 3. The van der Waals surface area contributed by atoms with Crippen molar-refractivity contribution in [2.45, 2.75) is 36.5 Å². The van der Waals surface area contributed by atoms with Crippen LogP contribution in [-0.2, 0) is 6.54 Å². The zero-order valence-electron chi connectivity index (χ0n) is 15.4. The maximum Gasteiger partial charge on any atom is 0.191 e. The van der Waals surface area contributed by atoms with Crippen molar-refractivity contribution in [3.05, 3.63) is 47.5 Å². The molecule has 2 N–H and O–H groups in total. The average molecular weight is 552 g/mol. The number of rotatable bonds is 8. The van der Waals surface area contributed by atoms with Crippen molar-refractivity contribution in [2.24, 2.45) is 4.99 Å². The monoisotopic (exact) mass is 551 g/mol. The van der Waals surface area contributed by atoms with Gasteiger partial charge in [0, 0.05) is 53.2 Å². The van der Waals surface area contributed by atoms with E-state index in [2.05, 4.69) is 79.2 Å². The zero-order valence-corrected chi connectivity index (χ0v) is 20.1. The highest BCUT2D eigenvalue weighted by molar-refractivity contribution is 14.0. The molecule has 1 heterocycles. The van der Waals surface area contributed by atoms with Crippen LogP contribution in [-0.4, -0.2) is 40.4 Å². The maximum atomic E-state index is 4.30. The number of hydrogen-bond donors (Lipinski definition) is 2. The molecule has 1 aromatic carbocycles. The second-order valence-electron chi connectivity index (χ2n) is 6.32. The average Bonchev–Trinajstić information content (AvgIpc) is 3.09. The number of nitrogens with zero attached hydrogens (tertiary/aromatic N) is 3. The molecule has 0 atom stereocenters. The third-order valence-electron chi connectivity index (χ3n) is 3.56. The summed E-state index contributed by atoms with van der Waals surface area (Å²) in [5, 5.41) is 6.79. The van der Waals surface area contributed by atoms with Crippen LogP contribution in [0, 0.1) is 0 Å². The number of halogens is 2.